The number of nitrogens with one attached hydrogen (secondary N) is 2. The van der Waals surface area contributed by atoms with E-state index in [-0.39, 0.29) is 11.8 Å². The topological polar surface area (TPSA) is 61.4 Å². The highest BCUT2D eigenvalue weighted by Gasteiger charge is 2.30. The molecule has 2 N–H and O–H groups in total. The number of hydrogen-bond acceptors (Lipinski definition) is 3. The Kier molecular flexibility index (Phi) is 5.29. The molecule has 2 unspecified atom stereocenters. The molecule has 0 bridgehead atoms. The maximum absolute atomic E-state index is 12.5. The summed E-state index contributed by atoms with van der Waals surface area (Å²) >= 11 is 0. The lowest BCUT2D eigenvalue weighted by Crippen LogP contribution is -2.40. The van der Waals surface area contributed by atoms with Crippen LogP contribution in [0.2, 0.25) is 0 Å². The second-order valence-electron chi connectivity index (χ2n) is 6.73. The van der Waals surface area contributed by atoms with Crippen LogP contribution in [0.3, 0.4) is 0 Å². The lowest BCUT2D eigenvalue weighted by molar-refractivity contribution is -0.128. The van der Waals surface area contributed by atoms with Crippen molar-refractivity contribution < 1.29 is 9.59 Å². The SMILES string of the molecule is Cc1c(NC(C)C(C)C)cccc1C(=O)NC1CCN(C)C1=O. The normalized spacial score (nSPS) is 19.1. The minimum Gasteiger partial charge on any atom is -0.382 e. The van der Waals surface area contributed by atoms with Gasteiger partial charge in [-0.1, -0.05) is 19.9 Å². The van der Waals surface area contributed by atoms with Crippen molar-refractivity contribution in [2.75, 3.05) is 18.9 Å². The van der Waals surface area contributed by atoms with Crippen LogP contribution in [0.15, 0.2) is 18.2 Å². The lowest BCUT2D eigenvalue weighted by atomic mass is 10.0. The Labute approximate surface area is 138 Å². The number of amides is 2. The minimum atomic E-state index is -0.405. The number of benzene rings is 1. The summed E-state index contributed by atoms with van der Waals surface area (Å²) in [7, 11) is 1.76. The molecule has 1 aliphatic rings. The Balaban J connectivity index is 2.13. The molecule has 2 amide bonds. The molecule has 5 nitrogen and oxygen atoms in total. The van der Waals surface area contributed by atoms with Crippen LogP contribution in [0.4, 0.5) is 5.69 Å². The molecule has 5 heteroatoms. The summed E-state index contributed by atoms with van der Waals surface area (Å²) in [5.74, 6) is 0.300. The van der Waals surface area contributed by atoms with Gasteiger partial charge in [0.15, 0.2) is 0 Å². The summed E-state index contributed by atoms with van der Waals surface area (Å²) in [4.78, 5) is 26.1. The molecule has 1 heterocycles. The van der Waals surface area contributed by atoms with Crippen molar-refractivity contribution in [3.05, 3.63) is 29.3 Å². The summed E-state index contributed by atoms with van der Waals surface area (Å²) in [5.41, 5.74) is 2.50. The van der Waals surface area contributed by atoms with Crippen molar-refractivity contribution in [2.45, 2.75) is 46.2 Å². The van der Waals surface area contributed by atoms with Gasteiger partial charge >= 0.3 is 0 Å². The first-order valence-electron chi connectivity index (χ1n) is 8.23. The number of carbonyl (C=O) groups is 2. The van der Waals surface area contributed by atoms with Crippen molar-refractivity contribution in [3.63, 3.8) is 0 Å². The Hall–Kier alpha value is -2.04. The Morgan fingerprint density at radius 1 is 1.30 bits per heavy atom. The van der Waals surface area contributed by atoms with Gasteiger partial charge in [0.05, 0.1) is 0 Å². The third kappa shape index (κ3) is 3.84. The van der Waals surface area contributed by atoms with E-state index in [0.29, 0.717) is 30.5 Å². The summed E-state index contributed by atoms with van der Waals surface area (Å²) in [6.45, 7) is 9.07. The number of likely N-dealkylation sites (tertiary alicyclic amines) is 1. The van der Waals surface area contributed by atoms with Gasteiger partial charge in [-0.15, -0.1) is 0 Å². The van der Waals surface area contributed by atoms with Crippen molar-refractivity contribution in [2.24, 2.45) is 5.92 Å². The van der Waals surface area contributed by atoms with Crippen LogP contribution in [0, 0.1) is 12.8 Å². The molecule has 2 atom stereocenters. The summed E-state index contributed by atoms with van der Waals surface area (Å²) in [6.07, 6.45) is 0.669. The van der Waals surface area contributed by atoms with Gasteiger partial charge in [0, 0.05) is 30.9 Å². The molecule has 0 radical (unpaired) electrons. The van der Waals surface area contributed by atoms with Gasteiger partial charge in [0.25, 0.3) is 5.91 Å². The van der Waals surface area contributed by atoms with E-state index in [2.05, 4.69) is 31.4 Å². The largest absolute Gasteiger partial charge is 0.382 e. The molecule has 0 saturated carbocycles. The van der Waals surface area contributed by atoms with Crippen LogP contribution in [0.5, 0.6) is 0 Å². The molecule has 1 saturated heterocycles. The van der Waals surface area contributed by atoms with Crippen LogP contribution < -0.4 is 10.6 Å². The third-order valence-corrected chi connectivity index (χ3v) is 4.69. The van der Waals surface area contributed by atoms with Crippen molar-refractivity contribution >= 4 is 17.5 Å². The zero-order valence-corrected chi connectivity index (χ0v) is 14.6. The van der Waals surface area contributed by atoms with E-state index in [1.54, 1.807) is 18.0 Å². The van der Waals surface area contributed by atoms with E-state index in [0.717, 1.165) is 11.3 Å². The van der Waals surface area contributed by atoms with Gasteiger partial charge in [0.2, 0.25) is 5.91 Å². The molecule has 1 aromatic rings. The molecule has 0 spiro atoms. The Morgan fingerprint density at radius 3 is 2.57 bits per heavy atom. The molecular formula is C18H27N3O2. The smallest absolute Gasteiger partial charge is 0.252 e. The van der Waals surface area contributed by atoms with Crippen LogP contribution in [0.25, 0.3) is 0 Å². The minimum absolute atomic E-state index is 0.0151. The summed E-state index contributed by atoms with van der Waals surface area (Å²) < 4.78 is 0. The molecular weight excluding hydrogens is 290 g/mol. The van der Waals surface area contributed by atoms with Crippen molar-refractivity contribution in [1.29, 1.82) is 0 Å². The number of rotatable bonds is 5. The molecule has 1 aliphatic heterocycles. The quantitative estimate of drug-likeness (QED) is 0.877. The Morgan fingerprint density at radius 2 is 2.00 bits per heavy atom. The van der Waals surface area contributed by atoms with E-state index in [9.17, 15) is 9.59 Å². The standard InChI is InChI=1S/C18H27N3O2/c1-11(2)13(4)19-15-8-6-7-14(12(15)3)17(22)20-16-9-10-21(5)18(16)23/h6-8,11,13,16,19H,9-10H2,1-5H3,(H,20,22). The number of hydrogen-bond donors (Lipinski definition) is 2. The lowest BCUT2D eigenvalue weighted by Gasteiger charge is -2.21. The average Bonchev–Trinajstić information content (AvgIpc) is 2.81. The van der Waals surface area contributed by atoms with Gasteiger partial charge in [-0.2, -0.15) is 0 Å². The average molecular weight is 317 g/mol. The number of likely N-dealkylation sites (N-methyl/N-ethyl adjacent to an activating group) is 1. The maximum Gasteiger partial charge on any atom is 0.252 e. The fourth-order valence-corrected chi connectivity index (χ4v) is 2.64. The fourth-order valence-electron chi connectivity index (χ4n) is 2.64. The highest BCUT2D eigenvalue weighted by atomic mass is 16.2. The molecule has 1 aromatic carbocycles. The first-order chi connectivity index (χ1) is 10.8. The van der Waals surface area contributed by atoms with E-state index in [4.69, 9.17) is 0 Å². The molecule has 126 valence electrons. The monoisotopic (exact) mass is 317 g/mol. The van der Waals surface area contributed by atoms with Gasteiger partial charge in [-0.25, -0.2) is 0 Å². The van der Waals surface area contributed by atoms with Gasteiger partial charge in [0.1, 0.15) is 6.04 Å². The first-order valence-corrected chi connectivity index (χ1v) is 8.23. The second kappa shape index (κ2) is 7.02. The molecule has 0 aliphatic carbocycles. The Bertz CT molecular complexity index is 598. The van der Waals surface area contributed by atoms with Crippen LogP contribution >= 0.6 is 0 Å². The van der Waals surface area contributed by atoms with Gasteiger partial charge < -0.3 is 15.5 Å². The maximum atomic E-state index is 12.5. The van der Waals surface area contributed by atoms with Crippen LogP contribution in [0.1, 0.15) is 43.1 Å². The van der Waals surface area contributed by atoms with E-state index < -0.39 is 6.04 Å². The molecule has 0 aromatic heterocycles. The van der Waals surface area contributed by atoms with Crippen molar-refractivity contribution in [3.8, 4) is 0 Å². The zero-order chi connectivity index (χ0) is 17.1. The zero-order valence-electron chi connectivity index (χ0n) is 14.6. The highest BCUT2D eigenvalue weighted by molar-refractivity contribution is 6.00. The van der Waals surface area contributed by atoms with E-state index >= 15 is 0 Å². The number of nitrogens with zero attached hydrogens (tertiary/aromatic N) is 1. The molecule has 1 fully saturated rings. The second-order valence-corrected chi connectivity index (χ2v) is 6.73. The van der Waals surface area contributed by atoms with E-state index in [1.807, 2.05) is 19.1 Å². The van der Waals surface area contributed by atoms with Gasteiger partial charge in [-0.3, -0.25) is 9.59 Å². The summed E-state index contributed by atoms with van der Waals surface area (Å²) in [6, 6.07) is 5.58. The van der Waals surface area contributed by atoms with E-state index in [1.165, 1.54) is 0 Å². The summed E-state index contributed by atoms with van der Waals surface area (Å²) in [5, 5.41) is 6.32. The fraction of sp³-hybridized carbons (Fsp3) is 0.556. The number of carbonyl (C=O) groups excluding carboxylic acids is 2. The molecule has 2 rings (SSSR count). The van der Waals surface area contributed by atoms with Crippen LogP contribution in [-0.4, -0.2) is 42.4 Å². The van der Waals surface area contributed by atoms with Gasteiger partial charge in [-0.05, 0) is 43.9 Å². The first kappa shape index (κ1) is 17.3. The molecule has 23 heavy (non-hydrogen) atoms. The third-order valence-electron chi connectivity index (χ3n) is 4.69. The highest BCUT2D eigenvalue weighted by Crippen LogP contribution is 2.22. The van der Waals surface area contributed by atoms with Crippen LogP contribution in [-0.2, 0) is 4.79 Å². The predicted octanol–water partition coefficient (Wildman–Crippen LogP) is 2.41. The predicted molar refractivity (Wildman–Crippen MR) is 92.6 cm³/mol. The number of anilines is 1. The van der Waals surface area contributed by atoms with Crippen molar-refractivity contribution in [1.82, 2.24) is 10.2 Å².